The number of carbonyl (C=O) groups is 1. The molecular formula is C19H24ClF3N4O. The lowest BCUT2D eigenvalue weighted by Gasteiger charge is -2.31. The fourth-order valence-electron chi connectivity index (χ4n) is 3.49. The van der Waals surface area contributed by atoms with Gasteiger partial charge in [-0.05, 0) is 57.5 Å². The smallest absolute Gasteiger partial charge is 0.339 e. The van der Waals surface area contributed by atoms with Crippen LogP contribution in [0, 0.1) is 12.8 Å². The molecule has 2 heterocycles. The number of alkyl halides is 3. The van der Waals surface area contributed by atoms with Crippen LogP contribution >= 0.6 is 12.4 Å². The molecule has 0 saturated carbocycles. The maximum atomic E-state index is 13.0. The summed E-state index contributed by atoms with van der Waals surface area (Å²) in [5.41, 5.74) is 0.514. The maximum absolute atomic E-state index is 13.0. The molecule has 9 heteroatoms. The van der Waals surface area contributed by atoms with Gasteiger partial charge in [-0.1, -0.05) is 6.07 Å². The van der Waals surface area contributed by atoms with E-state index < -0.39 is 11.7 Å². The summed E-state index contributed by atoms with van der Waals surface area (Å²) in [4.78, 5) is 14.6. The summed E-state index contributed by atoms with van der Waals surface area (Å²) >= 11 is 0. The van der Waals surface area contributed by atoms with E-state index >= 15 is 0 Å². The fourth-order valence-corrected chi connectivity index (χ4v) is 3.49. The molecular weight excluding hydrogens is 393 g/mol. The molecule has 0 unspecified atom stereocenters. The van der Waals surface area contributed by atoms with Gasteiger partial charge in [0, 0.05) is 13.1 Å². The standard InChI is InChI=1S/C19H23F3N4O.ClH/c1-13-17(18(27)25-8-6-14(7-9-25)11-23-2)12-24-26(13)16-5-3-4-15(10-16)19(20,21)22;/h3-5,10,12,14,23H,6-9,11H2,1-2H3;1H. The number of hydrogen-bond acceptors (Lipinski definition) is 3. The topological polar surface area (TPSA) is 50.2 Å². The van der Waals surface area contributed by atoms with Crippen LogP contribution in [0.2, 0.25) is 0 Å². The van der Waals surface area contributed by atoms with Gasteiger partial charge < -0.3 is 10.2 Å². The predicted octanol–water partition coefficient (Wildman–Crippen LogP) is 3.69. The Labute approximate surface area is 168 Å². The molecule has 1 amide bonds. The molecule has 1 aliphatic rings. The van der Waals surface area contributed by atoms with Crippen molar-refractivity contribution in [3.05, 3.63) is 47.3 Å². The third-order valence-corrected chi connectivity index (χ3v) is 5.05. The maximum Gasteiger partial charge on any atom is 0.416 e. The Kier molecular flexibility index (Phi) is 7.11. The van der Waals surface area contributed by atoms with Crippen molar-refractivity contribution in [1.29, 1.82) is 0 Å². The highest BCUT2D eigenvalue weighted by Gasteiger charge is 2.31. The van der Waals surface area contributed by atoms with Gasteiger partial charge in [0.25, 0.3) is 5.91 Å². The second-order valence-electron chi connectivity index (χ2n) is 6.90. The van der Waals surface area contributed by atoms with E-state index in [4.69, 9.17) is 0 Å². The van der Waals surface area contributed by atoms with Crippen LogP contribution in [0.1, 0.15) is 34.5 Å². The molecule has 0 spiro atoms. The van der Waals surface area contributed by atoms with Crippen molar-refractivity contribution in [2.24, 2.45) is 5.92 Å². The Morgan fingerprint density at radius 3 is 2.57 bits per heavy atom. The molecule has 28 heavy (non-hydrogen) atoms. The highest BCUT2D eigenvalue weighted by atomic mass is 35.5. The first-order valence-electron chi connectivity index (χ1n) is 8.97. The SMILES string of the molecule is CNCC1CCN(C(=O)c2cnn(-c3cccc(C(F)(F)F)c3)c2C)CC1.Cl. The van der Waals surface area contributed by atoms with Crippen molar-refractivity contribution in [2.45, 2.75) is 25.9 Å². The summed E-state index contributed by atoms with van der Waals surface area (Å²) in [6.45, 7) is 4.00. The van der Waals surface area contributed by atoms with Crippen molar-refractivity contribution in [3.8, 4) is 5.69 Å². The quantitative estimate of drug-likeness (QED) is 0.827. The number of aromatic nitrogens is 2. The molecule has 0 radical (unpaired) electrons. The number of piperidine rings is 1. The van der Waals surface area contributed by atoms with Crippen LogP contribution in [-0.2, 0) is 6.18 Å². The van der Waals surface area contributed by atoms with E-state index in [1.54, 1.807) is 17.9 Å². The molecule has 5 nitrogen and oxygen atoms in total. The number of nitrogens with one attached hydrogen (secondary N) is 1. The zero-order valence-electron chi connectivity index (χ0n) is 15.8. The second-order valence-corrected chi connectivity index (χ2v) is 6.90. The largest absolute Gasteiger partial charge is 0.416 e. The molecule has 154 valence electrons. The first kappa shape index (κ1) is 22.2. The summed E-state index contributed by atoms with van der Waals surface area (Å²) in [5, 5.41) is 7.32. The summed E-state index contributed by atoms with van der Waals surface area (Å²) in [5.74, 6) is 0.446. The van der Waals surface area contributed by atoms with Gasteiger partial charge in [0.05, 0.1) is 28.7 Å². The summed E-state index contributed by atoms with van der Waals surface area (Å²) in [7, 11) is 1.92. The number of hydrogen-bond donors (Lipinski definition) is 1. The predicted molar refractivity (Wildman–Crippen MR) is 103 cm³/mol. The van der Waals surface area contributed by atoms with Gasteiger partial charge in [-0.2, -0.15) is 18.3 Å². The van der Waals surface area contributed by atoms with Crippen molar-refractivity contribution < 1.29 is 18.0 Å². The Balaban J connectivity index is 0.00000280. The van der Waals surface area contributed by atoms with Crippen molar-refractivity contribution in [3.63, 3.8) is 0 Å². The number of rotatable bonds is 4. The highest BCUT2D eigenvalue weighted by Crippen LogP contribution is 2.30. The Bertz CT molecular complexity index is 814. The van der Waals surface area contributed by atoms with E-state index in [0.29, 0.717) is 30.3 Å². The van der Waals surface area contributed by atoms with E-state index in [2.05, 4.69) is 10.4 Å². The highest BCUT2D eigenvalue weighted by molar-refractivity contribution is 5.95. The van der Waals surface area contributed by atoms with E-state index in [9.17, 15) is 18.0 Å². The minimum Gasteiger partial charge on any atom is -0.339 e. The molecule has 1 aliphatic heterocycles. The van der Waals surface area contributed by atoms with Crippen LogP contribution in [0.4, 0.5) is 13.2 Å². The Morgan fingerprint density at radius 1 is 1.29 bits per heavy atom. The van der Waals surface area contributed by atoms with E-state index in [1.807, 2.05) is 7.05 Å². The van der Waals surface area contributed by atoms with E-state index in [0.717, 1.165) is 31.5 Å². The number of likely N-dealkylation sites (tertiary alicyclic amines) is 1. The van der Waals surface area contributed by atoms with Gasteiger partial charge in [-0.15, -0.1) is 12.4 Å². The van der Waals surface area contributed by atoms with E-state index in [1.165, 1.54) is 16.9 Å². The normalized spacial score (nSPS) is 15.4. The van der Waals surface area contributed by atoms with Crippen LogP contribution in [0.5, 0.6) is 0 Å². The zero-order valence-corrected chi connectivity index (χ0v) is 16.6. The number of amides is 1. The molecule has 0 atom stereocenters. The average Bonchev–Trinajstić information content (AvgIpc) is 3.03. The lowest BCUT2D eigenvalue weighted by molar-refractivity contribution is -0.137. The van der Waals surface area contributed by atoms with Crippen LogP contribution in [0.25, 0.3) is 5.69 Å². The van der Waals surface area contributed by atoms with E-state index in [-0.39, 0.29) is 24.0 Å². The molecule has 1 fully saturated rings. The third kappa shape index (κ3) is 4.67. The third-order valence-electron chi connectivity index (χ3n) is 5.05. The van der Waals surface area contributed by atoms with Gasteiger partial charge in [0.15, 0.2) is 0 Å². The van der Waals surface area contributed by atoms with Gasteiger partial charge in [0.1, 0.15) is 0 Å². The molecule has 2 aromatic rings. The first-order valence-corrected chi connectivity index (χ1v) is 8.97. The number of nitrogens with zero attached hydrogens (tertiary/aromatic N) is 3. The summed E-state index contributed by atoms with van der Waals surface area (Å²) in [6, 6.07) is 4.95. The van der Waals surface area contributed by atoms with Crippen LogP contribution in [-0.4, -0.2) is 47.3 Å². The number of carbonyl (C=O) groups excluding carboxylic acids is 1. The minimum atomic E-state index is -4.42. The summed E-state index contributed by atoms with van der Waals surface area (Å²) in [6.07, 6.45) is -1.11. The summed E-state index contributed by atoms with van der Waals surface area (Å²) < 4.78 is 40.2. The Hall–Kier alpha value is -2.06. The molecule has 1 aromatic heterocycles. The van der Waals surface area contributed by atoms with Crippen LogP contribution < -0.4 is 5.32 Å². The minimum absolute atomic E-state index is 0. The van der Waals surface area contributed by atoms with Crippen LogP contribution in [0.3, 0.4) is 0 Å². The molecule has 1 saturated heterocycles. The van der Waals surface area contributed by atoms with Crippen LogP contribution in [0.15, 0.2) is 30.5 Å². The molecule has 3 rings (SSSR count). The fraction of sp³-hybridized carbons (Fsp3) is 0.474. The Morgan fingerprint density at radius 2 is 1.96 bits per heavy atom. The van der Waals surface area contributed by atoms with Crippen molar-refractivity contribution in [1.82, 2.24) is 20.0 Å². The lowest BCUT2D eigenvalue weighted by atomic mass is 9.96. The average molecular weight is 417 g/mol. The number of benzene rings is 1. The molecule has 1 aromatic carbocycles. The molecule has 1 N–H and O–H groups in total. The first-order chi connectivity index (χ1) is 12.8. The van der Waals surface area contributed by atoms with Crippen molar-refractivity contribution in [2.75, 3.05) is 26.7 Å². The molecule has 0 bridgehead atoms. The molecule has 0 aliphatic carbocycles. The van der Waals surface area contributed by atoms with Gasteiger partial charge in [-0.25, -0.2) is 4.68 Å². The van der Waals surface area contributed by atoms with Gasteiger partial charge in [0.2, 0.25) is 0 Å². The lowest BCUT2D eigenvalue weighted by Crippen LogP contribution is -2.40. The number of halogens is 4. The second kappa shape index (κ2) is 8.96. The monoisotopic (exact) mass is 416 g/mol. The van der Waals surface area contributed by atoms with Gasteiger partial charge >= 0.3 is 6.18 Å². The zero-order chi connectivity index (χ0) is 19.6. The van der Waals surface area contributed by atoms with Gasteiger partial charge in [-0.3, -0.25) is 4.79 Å². The van der Waals surface area contributed by atoms with Crippen molar-refractivity contribution >= 4 is 18.3 Å².